The number of benzene rings is 2. The normalized spacial score (nSPS) is 16.2. The molecule has 190 valence electrons. The third-order valence-electron chi connectivity index (χ3n) is 5.99. The third kappa shape index (κ3) is 8.08. The number of carbonyl (C=O) groups excluding carboxylic acids is 1. The molecule has 2 bridgehead atoms. The van der Waals surface area contributed by atoms with Gasteiger partial charge in [-0.1, -0.05) is 52.0 Å². The summed E-state index contributed by atoms with van der Waals surface area (Å²) in [6.07, 6.45) is 0.599. The van der Waals surface area contributed by atoms with Crippen molar-refractivity contribution in [3.05, 3.63) is 64.7 Å². The number of carboxylic acids is 1. The van der Waals surface area contributed by atoms with Crippen molar-refractivity contribution < 1.29 is 24.2 Å². The Morgan fingerprint density at radius 3 is 2.51 bits per heavy atom. The summed E-state index contributed by atoms with van der Waals surface area (Å²) >= 11 is 0. The minimum absolute atomic E-state index is 0.227. The Balaban J connectivity index is 1.88. The Morgan fingerprint density at radius 2 is 1.80 bits per heavy atom. The van der Waals surface area contributed by atoms with E-state index in [1.807, 2.05) is 0 Å². The highest BCUT2D eigenvalue weighted by atomic mass is 16.5. The van der Waals surface area contributed by atoms with Gasteiger partial charge in [0.05, 0.1) is 13.2 Å². The molecule has 7 heteroatoms. The summed E-state index contributed by atoms with van der Waals surface area (Å²) < 4.78 is 11.8. The Bertz CT molecular complexity index is 1000. The van der Waals surface area contributed by atoms with Crippen LogP contribution in [0.5, 0.6) is 5.75 Å². The maximum absolute atomic E-state index is 12.9. The molecule has 7 nitrogen and oxygen atoms in total. The zero-order valence-electron chi connectivity index (χ0n) is 21.3. The van der Waals surface area contributed by atoms with E-state index < -0.39 is 17.9 Å². The average Bonchev–Trinajstić information content (AvgIpc) is 2.79. The summed E-state index contributed by atoms with van der Waals surface area (Å²) in [5.41, 5.74) is 3.66. The predicted octanol–water partition coefficient (Wildman–Crippen LogP) is 3.98. The molecule has 1 aliphatic rings. The fourth-order valence-electron chi connectivity index (χ4n) is 4.31. The first-order valence-electron chi connectivity index (χ1n) is 12.4. The molecule has 0 radical (unpaired) electrons. The molecule has 2 aromatic rings. The lowest BCUT2D eigenvalue weighted by Crippen LogP contribution is -2.44. The van der Waals surface area contributed by atoms with E-state index in [0.717, 1.165) is 30.8 Å². The van der Waals surface area contributed by atoms with Gasteiger partial charge in [0.15, 0.2) is 0 Å². The third-order valence-corrected chi connectivity index (χ3v) is 5.99. The van der Waals surface area contributed by atoms with Crippen LogP contribution in [-0.2, 0) is 22.5 Å². The fraction of sp³-hybridized carbons (Fsp3) is 0.500. The van der Waals surface area contributed by atoms with E-state index in [-0.39, 0.29) is 5.92 Å². The SMILES string of the molecule is CC(C)CN1CCOCCOc2ccc(C(=O)NC(C(=O)O)C(C)C)cc2Cc2cccc(c2)C1. The molecule has 1 aliphatic heterocycles. The standard InChI is InChI=1S/C28H38N2O5/c1-19(2)17-30-10-11-34-12-13-35-25-9-8-23(27(31)29-26(20(3)4)28(32)33)16-24(25)15-21-6-5-7-22(14-21)18-30/h5-9,14,16,19-20,26H,10-13,15,17-18H2,1-4H3,(H,29,31)(H,32,33). The zero-order chi connectivity index (χ0) is 25.4. The summed E-state index contributed by atoms with van der Waals surface area (Å²) in [5.74, 6) is -0.413. The van der Waals surface area contributed by atoms with Gasteiger partial charge in [-0.05, 0) is 46.7 Å². The molecule has 1 heterocycles. The van der Waals surface area contributed by atoms with Crippen molar-refractivity contribution in [2.75, 3.05) is 32.9 Å². The van der Waals surface area contributed by atoms with Crippen LogP contribution in [0.25, 0.3) is 0 Å². The lowest BCUT2D eigenvalue weighted by Gasteiger charge is -2.25. The minimum Gasteiger partial charge on any atom is -0.491 e. The van der Waals surface area contributed by atoms with Gasteiger partial charge in [0, 0.05) is 31.6 Å². The number of ether oxygens (including phenoxy) is 2. The number of fused-ring (bicyclic) bond motifs is 3. The molecule has 0 saturated heterocycles. The topological polar surface area (TPSA) is 88.1 Å². The van der Waals surface area contributed by atoms with Crippen LogP contribution in [-0.4, -0.2) is 60.8 Å². The first-order chi connectivity index (χ1) is 16.7. The maximum Gasteiger partial charge on any atom is 0.326 e. The lowest BCUT2D eigenvalue weighted by molar-refractivity contribution is -0.140. The summed E-state index contributed by atoms with van der Waals surface area (Å²) in [5, 5.41) is 12.1. The van der Waals surface area contributed by atoms with Gasteiger partial charge >= 0.3 is 5.97 Å². The Hall–Kier alpha value is -2.90. The largest absolute Gasteiger partial charge is 0.491 e. The van der Waals surface area contributed by atoms with Gasteiger partial charge in [-0.25, -0.2) is 4.79 Å². The number of rotatable bonds is 6. The van der Waals surface area contributed by atoms with Crippen molar-refractivity contribution in [1.82, 2.24) is 10.2 Å². The number of amides is 1. The molecule has 2 aromatic carbocycles. The van der Waals surface area contributed by atoms with Crippen molar-refractivity contribution >= 4 is 11.9 Å². The number of nitrogens with zero attached hydrogens (tertiary/aromatic N) is 1. The highest BCUT2D eigenvalue weighted by molar-refractivity contribution is 5.97. The average molecular weight is 483 g/mol. The Morgan fingerprint density at radius 1 is 1.03 bits per heavy atom. The number of nitrogens with one attached hydrogen (secondary N) is 1. The molecule has 2 N–H and O–H groups in total. The first kappa shape index (κ1) is 26.7. The second-order valence-electron chi connectivity index (χ2n) is 9.94. The molecule has 1 unspecified atom stereocenters. The molecular weight excluding hydrogens is 444 g/mol. The predicted molar refractivity (Wildman–Crippen MR) is 136 cm³/mol. The van der Waals surface area contributed by atoms with Crippen LogP contribution in [0, 0.1) is 11.8 Å². The van der Waals surface area contributed by atoms with Crippen LogP contribution in [0.1, 0.15) is 54.7 Å². The lowest BCUT2D eigenvalue weighted by atomic mass is 9.99. The molecule has 0 aromatic heterocycles. The summed E-state index contributed by atoms with van der Waals surface area (Å²) in [6.45, 7) is 12.2. The van der Waals surface area contributed by atoms with Gasteiger partial charge < -0.3 is 19.9 Å². The fourth-order valence-corrected chi connectivity index (χ4v) is 4.31. The number of carboxylic acid groups (broad SMARTS) is 1. The van der Waals surface area contributed by atoms with E-state index in [9.17, 15) is 14.7 Å². The van der Waals surface area contributed by atoms with Crippen LogP contribution >= 0.6 is 0 Å². The molecule has 0 aliphatic carbocycles. The minimum atomic E-state index is -1.04. The van der Waals surface area contributed by atoms with E-state index in [0.29, 0.717) is 43.5 Å². The smallest absolute Gasteiger partial charge is 0.326 e. The monoisotopic (exact) mass is 482 g/mol. The van der Waals surface area contributed by atoms with Crippen LogP contribution in [0.2, 0.25) is 0 Å². The van der Waals surface area contributed by atoms with Crippen LogP contribution < -0.4 is 10.1 Å². The summed E-state index contributed by atoms with van der Waals surface area (Å²) in [4.78, 5) is 26.8. The van der Waals surface area contributed by atoms with Crippen molar-refractivity contribution in [2.45, 2.75) is 46.7 Å². The Kier molecular flexibility index (Phi) is 9.69. The van der Waals surface area contributed by atoms with E-state index in [1.54, 1.807) is 32.0 Å². The first-order valence-corrected chi connectivity index (χ1v) is 12.4. The molecule has 0 spiro atoms. The maximum atomic E-state index is 12.9. The second kappa shape index (κ2) is 12.7. The van der Waals surface area contributed by atoms with Crippen molar-refractivity contribution in [3.63, 3.8) is 0 Å². The molecule has 1 amide bonds. The summed E-state index contributed by atoms with van der Waals surface area (Å²) in [6, 6.07) is 12.8. The number of hydrogen-bond donors (Lipinski definition) is 2. The number of hydrogen-bond acceptors (Lipinski definition) is 5. The van der Waals surface area contributed by atoms with Crippen LogP contribution in [0.3, 0.4) is 0 Å². The number of carbonyl (C=O) groups is 2. The van der Waals surface area contributed by atoms with Crippen molar-refractivity contribution in [1.29, 1.82) is 0 Å². The molecule has 35 heavy (non-hydrogen) atoms. The van der Waals surface area contributed by atoms with Gasteiger partial charge in [-0.15, -0.1) is 0 Å². The molecule has 1 atom stereocenters. The number of aliphatic carboxylic acids is 1. The molecule has 0 fully saturated rings. The highest BCUT2D eigenvalue weighted by Gasteiger charge is 2.24. The quantitative estimate of drug-likeness (QED) is 0.648. The van der Waals surface area contributed by atoms with Crippen LogP contribution in [0.4, 0.5) is 0 Å². The van der Waals surface area contributed by atoms with E-state index >= 15 is 0 Å². The van der Waals surface area contributed by atoms with Gasteiger partial charge in [0.2, 0.25) is 0 Å². The molecule has 3 rings (SSSR count). The molecule has 0 saturated carbocycles. The van der Waals surface area contributed by atoms with Gasteiger partial charge in [-0.3, -0.25) is 9.69 Å². The summed E-state index contributed by atoms with van der Waals surface area (Å²) in [7, 11) is 0. The highest BCUT2D eigenvalue weighted by Crippen LogP contribution is 2.25. The van der Waals surface area contributed by atoms with Gasteiger partial charge in [0.1, 0.15) is 18.4 Å². The van der Waals surface area contributed by atoms with E-state index in [4.69, 9.17) is 9.47 Å². The van der Waals surface area contributed by atoms with E-state index in [1.165, 1.54) is 5.56 Å². The van der Waals surface area contributed by atoms with Crippen molar-refractivity contribution in [3.8, 4) is 5.75 Å². The zero-order valence-corrected chi connectivity index (χ0v) is 21.3. The van der Waals surface area contributed by atoms with E-state index in [2.05, 4.69) is 48.3 Å². The Labute approximate surface area is 208 Å². The second-order valence-corrected chi connectivity index (χ2v) is 9.94. The van der Waals surface area contributed by atoms with Gasteiger partial charge in [-0.2, -0.15) is 0 Å². The molecular formula is C28H38N2O5. The van der Waals surface area contributed by atoms with Gasteiger partial charge in [0.25, 0.3) is 5.91 Å². The van der Waals surface area contributed by atoms with Crippen LogP contribution in [0.15, 0.2) is 42.5 Å². The van der Waals surface area contributed by atoms with Crippen molar-refractivity contribution in [2.24, 2.45) is 11.8 Å².